The Kier molecular flexibility index (Phi) is 6.09. The first-order chi connectivity index (χ1) is 13.5. The van der Waals surface area contributed by atoms with Crippen LogP contribution in [-0.4, -0.2) is 46.4 Å². The van der Waals surface area contributed by atoms with Gasteiger partial charge in [-0.3, -0.25) is 0 Å². The number of aromatic nitrogens is 1. The van der Waals surface area contributed by atoms with Crippen molar-refractivity contribution in [3.63, 3.8) is 0 Å². The van der Waals surface area contributed by atoms with Gasteiger partial charge in [0.15, 0.2) is 22.9 Å². The molecule has 1 aromatic heterocycles. The van der Waals surface area contributed by atoms with Gasteiger partial charge >= 0.3 is 18.5 Å². The molecule has 1 aromatic carbocycles. The lowest BCUT2D eigenvalue weighted by molar-refractivity contribution is -0.274. The molecule has 0 bridgehead atoms. The van der Waals surface area contributed by atoms with Crippen molar-refractivity contribution in [1.29, 1.82) is 0 Å². The predicted octanol–water partition coefficient (Wildman–Crippen LogP) is 2.10. The Bertz CT molecular complexity index is 943. The quantitative estimate of drug-likeness (QED) is 0.355. The van der Waals surface area contributed by atoms with Gasteiger partial charge in [-0.1, -0.05) is 0 Å². The normalized spacial score (nSPS) is 12.4. The highest BCUT2D eigenvalue weighted by atomic mass is 19.4. The highest BCUT2D eigenvalue weighted by molar-refractivity contribution is 6.12. The highest BCUT2D eigenvalue weighted by Gasteiger charge is 2.34. The van der Waals surface area contributed by atoms with Crippen LogP contribution in [0.3, 0.4) is 0 Å². The van der Waals surface area contributed by atoms with E-state index < -0.39 is 58.6 Å². The third-order valence-corrected chi connectivity index (χ3v) is 3.05. The van der Waals surface area contributed by atoms with Gasteiger partial charge in [-0.15, -0.1) is 13.2 Å². The monoisotopic (exact) mass is 441 g/mol. The molecule has 3 N–H and O–H groups in total. The van der Waals surface area contributed by atoms with Crippen LogP contribution in [0.4, 0.5) is 26.3 Å². The fourth-order valence-electron chi connectivity index (χ4n) is 2.01. The summed E-state index contributed by atoms with van der Waals surface area (Å²) in [5, 5.41) is 27.8. The molecule has 0 saturated carbocycles. The topological polar surface area (TPSA) is 118 Å². The third-order valence-electron chi connectivity index (χ3n) is 3.05. The van der Waals surface area contributed by atoms with Crippen LogP contribution in [0, 0.1) is 0 Å². The van der Waals surface area contributed by atoms with Crippen molar-refractivity contribution in [1.82, 2.24) is 4.98 Å². The molecule has 2 aromatic rings. The van der Waals surface area contributed by atoms with Gasteiger partial charge in [-0.05, 0) is 18.2 Å². The largest absolute Gasteiger partial charge is 0.573 e. The highest BCUT2D eigenvalue weighted by Crippen LogP contribution is 2.39. The Morgan fingerprint density at radius 3 is 2.10 bits per heavy atom. The van der Waals surface area contributed by atoms with Crippen molar-refractivity contribution < 1.29 is 60.7 Å². The lowest BCUT2D eigenvalue weighted by Crippen LogP contribution is -2.35. The van der Waals surface area contributed by atoms with Gasteiger partial charge < -0.3 is 29.5 Å². The maximum atomic E-state index is 12.9. The second kappa shape index (κ2) is 7.91. The molecule has 15 heteroatoms. The molecule has 8 nitrogen and oxygen atoms in total. The zero-order chi connectivity index (χ0) is 22.9. The summed E-state index contributed by atoms with van der Waals surface area (Å²) in [4.78, 5) is 14.4. The van der Waals surface area contributed by atoms with Crippen LogP contribution in [0.5, 0.6) is 23.0 Å². The van der Waals surface area contributed by atoms with Gasteiger partial charge in [-0.2, -0.15) is 13.2 Å². The summed E-state index contributed by atoms with van der Waals surface area (Å²) in [6.45, 7) is 0. The number of hydrogen-bond donors (Lipinski definition) is 3. The summed E-state index contributed by atoms with van der Waals surface area (Å²) < 4.78 is 89.1. The summed E-state index contributed by atoms with van der Waals surface area (Å²) in [5.74, 6) is -8.04. The maximum absolute atomic E-state index is 12.9. The number of aromatic carboxylic acids is 1. The van der Waals surface area contributed by atoms with Crippen molar-refractivity contribution in [2.24, 2.45) is 0 Å². The summed E-state index contributed by atoms with van der Waals surface area (Å²) in [5.41, 5.74) is -2.34. The molecule has 0 radical (unpaired) electrons. The van der Waals surface area contributed by atoms with E-state index in [4.69, 9.17) is 9.84 Å². The lowest BCUT2D eigenvalue weighted by Gasteiger charge is -2.22. The van der Waals surface area contributed by atoms with Crippen LogP contribution in [0.15, 0.2) is 30.5 Å². The molecule has 0 aliphatic rings. The summed E-state index contributed by atoms with van der Waals surface area (Å²) in [7, 11) is 0.669. The second-order valence-corrected chi connectivity index (χ2v) is 5.67. The van der Waals surface area contributed by atoms with Gasteiger partial charge in [0.05, 0.1) is 5.56 Å². The number of hydrogen-bond acceptors (Lipinski definition) is 7. The van der Waals surface area contributed by atoms with E-state index in [0.29, 0.717) is 26.0 Å². The summed E-state index contributed by atoms with van der Waals surface area (Å²) >= 11 is 0. The number of pyridine rings is 1. The molecule has 30 heavy (non-hydrogen) atoms. The molecule has 0 amide bonds. The number of carboxylic acids is 1. The smallest absolute Gasteiger partial charge is 0.476 e. The predicted molar refractivity (Wildman–Crippen MR) is 85.7 cm³/mol. The molecule has 2 rings (SSSR count). The number of carboxylic acid groups (broad SMARTS) is 1. The number of rotatable bonds is 6. The van der Waals surface area contributed by atoms with E-state index in [1.807, 2.05) is 0 Å². The Labute approximate surface area is 163 Å². The van der Waals surface area contributed by atoms with E-state index in [-0.39, 0.29) is 12.3 Å². The molecule has 0 saturated heterocycles. The first-order valence-corrected chi connectivity index (χ1v) is 7.57. The zero-order valence-electron chi connectivity index (χ0n) is 14.6. The van der Waals surface area contributed by atoms with Crippen molar-refractivity contribution >= 4 is 13.8 Å². The first kappa shape index (κ1) is 23.1. The van der Waals surface area contributed by atoms with Gasteiger partial charge in [0.25, 0.3) is 5.87 Å². The van der Waals surface area contributed by atoms with Crippen molar-refractivity contribution in [2.75, 3.05) is 0 Å². The fourth-order valence-corrected chi connectivity index (χ4v) is 2.01. The van der Waals surface area contributed by atoms with Crippen molar-refractivity contribution in [3.8, 4) is 23.0 Å². The van der Waals surface area contributed by atoms with Gasteiger partial charge in [0.1, 0.15) is 5.75 Å². The second-order valence-electron chi connectivity index (χ2n) is 5.67. The van der Waals surface area contributed by atoms with Crippen LogP contribution >= 0.6 is 0 Å². The Hall–Kier alpha value is -3.20. The van der Waals surface area contributed by atoms with E-state index in [0.717, 1.165) is 0 Å². The van der Waals surface area contributed by atoms with Crippen LogP contribution in [0.2, 0.25) is 0 Å². The number of halogens is 6. The number of carbonyl (C=O) groups is 1. The molecular formula is C15H10BF6NO7. The fraction of sp³-hybridized carbons (Fsp3) is 0.200. The molecular weight excluding hydrogens is 431 g/mol. The molecule has 0 spiro atoms. The Balaban J connectivity index is 2.54. The molecule has 162 valence electrons. The third kappa shape index (κ3) is 6.42. The van der Waals surface area contributed by atoms with Gasteiger partial charge in [-0.25, -0.2) is 9.78 Å². The zero-order valence-corrected chi connectivity index (χ0v) is 14.6. The van der Waals surface area contributed by atoms with E-state index in [1.165, 1.54) is 0 Å². The minimum atomic E-state index is -5.12. The SMILES string of the molecule is BC(O)(O)Oc1cc(OC(F)(F)F)ccc1Oc1cc(C(F)(F)F)cnc1C(=O)O. The van der Waals surface area contributed by atoms with Crippen molar-refractivity contribution in [3.05, 3.63) is 41.7 Å². The molecule has 0 aliphatic heterocycles. The van der Waals surface area contributed by atoms with Gasteiger partial charge in [0.2, 0.25) is 7.85 Å². The molecule has 0 aliphatic carbocycles. The standard InChI is InChI=1S/C15H10BF6NO7/c16-14(26,27)30-9-4-7(29-15(20,21)22)1-2-8(9)28-10-3-6(13(17,18)19)5-23-11(10)12(24)25/h1-5,26-27H,16H2,(H,24,25). The summed E-state index contributed by atoms with van der Waals surface area (Å²) in [6, 6.07) is 2.17. The average molecular weight is 441 g/mol. The van der Waals surface area contributed by atoms with E-state index in [2.05, 4.69) is 14.5 Å². The van der Waals surface area contributed by atoms with Gasteiger partial charge in [0, 0.05) is 12.3 Å². The molecule has 0 unspecified atom stereocenters. The minimum Gasteiger partial charge on any atom is -0.476 e. The van der Waals surface area contributed by atoms with E-state index >= 15 is 0 Å². The van der Waals surface area contributed by atoms with Crippen LogP contribution < -0.4 is 14.2 Å². The first-order valence-electron chi connectivity index (χ1n) is 7.57. The van der Waals surface area contributed by atoms with Crippen LogP contribution in [0.25, 0.3) is 0 Å². The molecule has 1 heterocycles. The van der Waals surface area contributed by atoms with E-state index in [1.54, 1.807) is 0 Å². The minimum absolute atomic E-state index is 0.243. The van der Waals surface area contributed by atoms with Crippen molar-refractivity contribution in [2.45, 2.75) is 18.4 Å². The van der Waals surface area contributed by atoms with E-state index in [9.17, 15) is 41.4 Å². The van der Waals surface area contributed by atoms with Crippen LogP contribution in [-0.2, 0) is 6.18 Å². The molecule has 0 fully saturated rings. The average Bonchev–Trinajstić information content (AvgIpc) is 2.53. The number of benzene rings is 1. The summed E-state index contributed by atoms with van der Waals surface area (Å²) in [6.07, 6.45) is -9.80. The Morgan fingerprint density at radius 1 is 0.967 bits per heavy atom. The van der Waals surface area contributed by atoms with Crippen LogP contribution in [0.1, 0.15) is 16.1 Å². The number of ether oxygens (including phenoxy) is 3. The molecule has 0 atom stereocenters. The number of aliphatic hydroxyl groups is 2. The number of alkyl halides is 6. The Morgan fingerprint density at radius 2 is 1.60 bits per heavy atom. The maximum Gasteiger partial charge on any atom is 0.573 e. The number of nitrogens with zero attached hydrogens (tertiary/aromatic N) is 1. The lowest BCUT2D eigenvalue weighted by atomic mass is 10.1.